The number of hydrogen-bond acceptors (Lipinski definition) is 2. The standard InChI is InChI=1S/C7H5BrClNO2/c8-3-4-5(9)1-2-10-6(4)7(11)12/h1-2H,3H2,(H,11,12). The Morgan fingerprint density at radius 2 is 2.42 bits per heavy atom. The van der Waals surface area contributed by atoms with Crippen LogP contribution < -0.4 is 0 Å². The maximum Gasteiger partial charge on any atom is 0.354 e. The van der Waals surface area contributed by atoms with Crippen LogP contribution in [0.1, 0.15) is 16.1 Å². The van der Waals surface area contributed by atoms with Crippen molar-refractivity contribution in [3.05, 3.63) is 28.5 Å². The zero-order valence-corrected chi connectivity index (χ0v) is 8.26. The lowest BCUT2D eigenvalue weighted by Crippen LogP contribution is -2.04. The maximum absolute atomic E-state index is 10.6. The summed E-state index contributed by atoms with van der Waals surface area (Å²) in [5.74, 6) is -1.06. The zero-order valence-electron chi connectivity index (χ0n) is 5.92. The first kappa shape index (κ1) is 9.48. The highest BCUT2D eigenvalue weighted by Gasteiger charge is 2.12. The molecule has 0 saturated carbocycles. The smallest absolute Gasteiger partial charge is 0.354 e. The Kier molecular flexibility index (Phi) is 3.05. The number of carboxylic acids is 1. The van der Waals surface area contributed by atoms with E-state index in [1.165, 1.54) is 6.20 Å². The minimum Gasteiger partial charge on any atom is -0.477 e. The van der Waals surface area contributed by atoms with Crippen LogP contribution in [0.2, 0.25) is 5.02 Å². The molecule has 0 atom stereocenters. The van der Waals surface area contributed by atoms with Gasteiger partial charge in [0, 0.05) is 22.1 Å². The highest BCUT2D eigenvalue weighted by atomic mass is 79.9. The van der Waals surface area contributed by atoms with E-state index in [2.05, 4.69) is 20.9 Å². The monoisotopic (exact) mass is 249 g/mol. The van der Waals surface area contributed by atoms with Crippen LogP contribution in [0.25, 0.3) is 0 Å². The molecule has 0 fully saturated rings. The molecule has 1 rings (SSSR count). The van der Waals surface area contributed by atoms with E-state index >= 15 is 0 Å². The SMILES string of the molecule is O=C(O)c1nccc(Cl)c1CBr. The molecule has 0 radical (unpaired) electrons. The summed E-state index contributed by atoms with van der Waals surface area (Å²) in [6, 6.07) is 1.56. The Bertz CT molecular complexity index is 316. The van der Waals surface area contributed by atoms with Gasteiger partial charge in [-0.2, -0.15) is 0 Å². The van der Waals surface area contributed by atoms with Crippen LogP contribution in [0.4, 0.5) is 0 Å². The van der Waals surface area contributed by atoms with Crippen molar-refractivity contribution < 1.29 is 9.90 Å². The Balaban J connectivity index is 3.27. The fourth-order valence-electron chi connectivity index (χ4n) is 0.780. The van der Waals surface area contributed by atoms with Gasteiger partial charge in [-0.15, -0.1) is 0 Å². The van der Waals surface area contributed by atoms with Crippen molar-refractivity contribution in [3.8, 4) is 0 Å². The van der Waals surface area contributed by atoms with E-state index in [-0.39, 0.29) is 5.69 Å². The van der Waals surface area contributed by atoms with Crippen LogP contribution >= 0.6 is 27.5 Å². The first-order valence-corrected chi connectivity index (χ1v) is 4.59. The fourth-order valence-corrected chi connectivity index (χ4v) is 1.72. The molecule has 0 aliphatic rings. The molecule has 0 bridgehead atoms. The summed E-state index contributed by atoms with van der Waals surface area (Å²) < 4.78 is 0. The van der Waals surface area contributed by atoms with Crippen molar-refractivity contribution in [2.75, 3.05) is 0 Å². The van der Waals surface area contributed by atoms with Gasteiger partial charge in [0.2, 0.25) is 0 Å². The van der Waals surface area contributed by atoms with Gasteiger partial charge in [0.1, 0.15) is 0 Å². The average Bonchev–Trinajstić information content (AvgIpc) is 2.03. The van der Waals surface area contributed by atoms with E-state index in [1.807, 2.05) is 0 Å². The van der Waals surface area contributed by atoms with Gasteiger partial charge in [0.05, 0.1) is 0 Å². The van der Waals surface area contributed by atoms with Crippen molar-refractivity contribution >= 4 is 33.5 Å². The fraction of sp³-hybridized carbons (Fsp3) is 0.143. The largest absolute Gasteiger partial charge is 0.477 e. The predicted molar refractivity (Wildman–Crippen MR) is 48.8 cm³/mol. The number of aromatic carboxylic acids is 1. The van der Waals surface area contributed by atoms with Crippen LogP contribution in [-0.2, 0) is 5.33 Å². The zero-order chi connectivity index (χ0) is 9.14. The Labute approximate surface area is 82.5 Å². The molecule has 1 aromatic heterocycles. The van der Waals surface area contributed by atoms with E-state index in [0.29, 0.717) is 15.9 Å². The quantitative estimate of drug-likeness (QED) is 0.820. The summed E-state index contributed by atoms with van der Waals surface area (Å²) >= 11 is 8.88. The van der Waals surface area contributed by atoms with E-state index in [1.54, 1.807) is 6.07 Å². The number of alkyl halides is 1. The molecule has 0 aromatic carbocycles. The lowest BCUT2D eigenvalue weighted by atomic mass is 10.2. The van der Waals surface area contributed by atoms with Crippen molar-refractivity contribution in [2.45, 2.75) is 5.33 Å². The van der Waals surface area contributed by atoms with Crippen LogP contribution in [0.3, 0.4) is 0 Å². The summed E-state index contributed by atoms with van der Waals surface area (Å²) in [5, 5.41) is 9.49. The third kappa shape index (κ3) is 1.76. The van der Waals surface area contributed by atoms with Crippen LogP contribution in [0.15, 0.2) is 12.3 Å². The molecule has 0 unspecified atom stereocenters. The second-order valence-electron chi connectivity index (χ2n) is 2.06. The number of rotatable bonds is 2. The van der Waals surface area contributed by atoms with Crippen LogP contribution in [-0.4, -0.2) is 16.1 Å². The molecule has 0 amide bonds. The Hall–Kier alpha value is -0.610. The molecule has 1 heterocycles. The first-order chi connectivity index (χ1) is 5.66. The van der Waals surface area contributed by atoms with Gasteiger partial charge in [-0.3, -0.25) is 0 Å². The van der Waals surface area contributed by atoms with E-state index in [4.69, 9.17) is 16.7 Å². The van der Waals surface area contributed by atoms with Gasteiger partial charge in [0.15, 0.2) is 5.69 Å². The first-order valence-electron chi connectivity index (χ1n) is 3.09. The second kappa shape index (κ2) is 3.87. The van der Waals surface area contributed by atoms with Crippen molar-refractivity contribution in [3.63, 3.8) is 0 Å². The van der Waals surface area contributed by atoms with E-state index < -0.39 is 5.97 Å². The van der Waals surface area contributed by atoms with Gasteiger partial charge in [-0.1, -0.05) is 27.5 Å². The molecule has 0 aliphatic heterocycles. The lowest BCUT2D eigenvalue weighted by molar-refractivity contribution is 0.0689. The maximum atomic E-state index is 10.6. The van der Waals surface area contributed by atoms with Crippen molar-refractivity contribution in [2.24, 2.45) is 0 Å². The Morgan fingerprint density at radius 3 is 2.83 bits per heavy atom. The summed E-state index contributed by atoms with van der Waals surface area (Å²) in [4.78, 5) is 14.3. The second-order valence-corrected chi connectivity index (χ2v) is 3.03. The summed E-state index contributed by atoms with van der Waals surface area (Å²) in [7, 11) is 0. The van der Waals surface area contributed by atoms with Gasteiger partial charge < -0.3 is 5.11 Å². The Morgan fingerprint density at radius 1 is 1.75 bits per heavy atom. The predicted octanol–water partition coefficient (Wildman–Crippen LogP) is 2.33. The minimum absolute atomic E-state index is 0.000579. The molecule has 1 aromatic rings. The third-order valence-corrected chi connectivity index (χ3v) is 2.25. The van der Waals surface area contributed by atoms with Gasteiger partial charge in [-0.05, 0) is 6.07 Å². The molecule has 12 heavy (non-hydrogen) atoms. The number of aromatic nitrogens is 1. The van der Waals surface area contributed by atoms with Crippen molar-refractivity contribution in [1.29, 1.82) is 0 Å². The molecule has 0 spiro atoms. The lowest BCUT2D eigenvalue weighted by Gasteiger charge is -2.02. The van der Waals surface area contributed by atoms with Crippen molar-refractivity contribution in [1.82, 2.24) is 4.98 Å². The normalized spacial score (nSPS) is 9.83. The summed E-state index contributed by atoms with van der Waals surface area (Å²) in [5.41, 5.74) is 0.506. The minimum atomic E-state index is -1.06. The average molecular weight is 250 g/mol. The molecule has 0 saturated heterocycles. The summed E-state index contributed by atoms with van der Waals surface area (Å²) in [6.07, 6.45) is 1.37. The number of carboxylic acid groups (broad SMARTS) is 1. The van der Waals surface area contributed by atoms with Crippen LogP contribution in [0, 0.1) is 0 Å². The van der Waals surface area contributed by atoms with Crippen LogP contribution in [0.5, 0.6) is 0 Å². The molecular formula is C7H5BrClNO2. The molecule has 5 heteroatoms. The molecule has 64 valence electrons. The number of halogens is 2. The highest BCUT2D eigenvalue weighted by Crippen LogP contribution is 2.20. The number of carbonyl (C=O) groups is 1. The number of pyridine rings is 1. The molecule has 3 nitrogen and oxygen atoms in total. The molecule has 0 aliphatic carbocycles. The van der Waals surface area contributed by atoms with Gasteiger partial charge in [0.25, 0.3) is 0 Å². The molecule has 1 N–H and O–H groups in total. The van der Waals surface area contributed by atoms with Gasteiger partial charge >= 0.3 is 5.97 Å². The number of nitrogens with zero attached hydrogens (tertiary/aromatic N) is 1. The van der Waals surface area contributed by atoms with E-state index in [9.17, 15) is 4.79 Å². The van der Waals surface area contributed by atoms with E-state index in [0.717, 1.165) is 0 Å². The third-order valence-electron chi connectivity index (χ3n) is 1.33. The number of hydrogen-bond donors (Lipinski definition) is 1. The topological polar surface area (TPSA) is 50.2 Å². The highest BCUT2D eigenvalue weighted by molar-refractivity contribution is 9.08. The van der Waals surface area contributed by atoms with Gasteiger partial charge in [-0.25, -0.2) is 9.78 Å². The molecular weight excluding hydrogens is 245 g/mol. The summed E-state index contributed by atoms with van der Waals surface area (Å²) in [6.45, 7) is 0.